The van der Waals surface area contributed by atoms with E-state index in [0.717, 1.165) is 37.7 Å². The number of ether oxygens (including phenoxy) is 1. The first-order chi connectivity index (χ1) is 12.5. The van der Waals surface area contributed by atoms with Crippen molar-refractivity contribution in [2.45, 2.75) is 24.2 Å². The van der Waals surface area contributed by atoms with Crippen LogP contribution in [0.3, 0.4) is 0 Å². The van der Waals surface area contributed by atoms with Crippen molar-refractivity contribution < 1.29 is 22.7 Å². The minimum Gasteiger partial charge on any atom is -0.379 e. The summed E-state index contributed by atoms with van der Waals surface area (Å²) in [4.78, 5) is 26.9. The van der Waals surface area contributed by atoms with E-state index in [1.807, 2.05) is 0 Å². The van der Waals surface area contributed by atoms with Crippen LogP contribution in [0.15, 0.2) is 29.2 Å². The van der Waals surface area contributed by atoms with Crippen LogP contribution in [0.4, 0.5) is 5.69 Å². The lowest BCUT2D eigenvalue weighted by Crippen LogP contribution is -2.38. The Hall–Kier alpha value is -1.81. The predicted molar refractivity (Wildman–Crippen MR) is 95.2 cm³/mol. The maximum Gasteiger partial charge on any atom is 0.240 e. The molecule has 0 unspecified atom stereocenters. The zero-order valence-corrected chi connectivity index (χ0v) is 15.3. The van der Waals surface area contributed by atoms with E-state index in [4.69, 9.17) is 4.74 Å². The second kappa shape index (κ2) is 8.26. The fourth-order valence-electron chi connectivity index (χ4n) is 3.06. The number of nitrogens with one attached hydrogen (secondary N) is 1. The summed E-state index contributed by atoms with van der Waals surface area (Å²) in [6, 6.07) is 5.81. The van der Waals surface area contributed by atoms with Crippen LogP contribution in [0, 0.1) is 0 Å². The van der Waals surface area contributed by atoms with E-state index in [-0.39, 0.29) is 29.6 Å². The number of morpholine rings is 1. The molecular weight excluding hydrogens is 358 g/mol. The molecule has 0 aliphatic carbocycles. The zero-order valence-electron chi connectivity index (χ0n) is 14.5. The number of rotatable bonds is 7. The van der Waals surface area contributed by atoms with Crippen molar-refractivity contribution in [3.63, 3.8) is 0 Å². The van der Waals surface area contributed by atoms with E-state index < -0.39 is 10.0 Å². The number of carbonyl (C=O) groups excluding carboxylic acids is 2. The molecule has 0 aromatic heterocycles. The Kier molecular flexibility index (Phi) is 6.02. The number of anilines is 1. The molecule has 2 fully saturated rings. The van der Waals surface area contributed by atoms with Gasteiger partial charge in [-0.25, -0.2) is 13.1 Å². The second-order valence-corrected chi connectivity index (χ2v) is 8.09. The molecule has 2 heterocycles. The van der Waals surface area contributed by atoms with E-state index in [0.29, 0.717) is 18.7 Å². The highest BCUT2D eigenvalue weighted by molar-refractivity contribution is 7.89. The predicted octanol–water partition coefficient (Wildman–Crippen LogP) is 0.341. The molecule has 9 heteroatoms. The molecule has 1 N–H and O–H groups in total. The molecule has 26 heavy (non-hydrogen) atoms. The van der Waals surface area contributed by atoms with E-state index >= 15 is 0 Å². The lowest BCUT2D eigenvalue weighted by molar-refractivity contribution is -0.121. The molecule has 0 spiro atoms. The topological polar surface area (TPSA) is 96.0 Å². The fourth-order valence-corrected chi connectivity index (χ4v) is 4.13. The smallest absolute Gasteiger partial charge is 0.240 e. The summed E-state index contributed by atoms with van der Waals surface area (Å²) in [5, 5.41) is 0. The third-order valence-corrected chi connectivity index (χ3v) is 5.98. The highest BCUT2D eigenvalue weighted by Gasteiger charge is 2.30. The van der Waals surface area contributed by atoms with Gasteiger partial charge in [-0.1, -0.05) is 0 Å². The Morgan fingerprint density at radius 3 is 2.23 bits per heavy atom. The van der Waals surface area contributed by atoms with Gasteiger partial charge in [-0.15, -0.1) is 0 Å². The molecule has 2 aliphatic rings. The summed E-state index contributed by atoms with van der Waals surface area (Å²) in [6.45, 7) is 4.37. The highest BCUT2D eigenvalue weighted by Crippen LogP contribution is 2.23. The first-order valence-electron chi connectivity index (χ1n) is 8.73. The van der Waals surface area contributed by atoms with Gasteiger partial charge < -0.3 is 4.74 Å². The third kappa shape index (κ3) is 4.47. The number of benzene rings is 1. The van der Waals surface area contributed by atoms with Crippen LogP contribution < -0.4 is 9.62 Å². The van der Waals surface area contributed by atoms with Gasteiger partial charge in [0.05, 0.1) is 23.8 Å². The minimum atomic E-state index is -3.61. The molecule has 2 aliphatic heterocycles. The SMILES string of the molecule is O=C1CCC(=O)N1c1ccc(S(=O)(=O)NCCCN2CCOCC2)cc1. The molecule has 0 atom stereocenters. The molecule has 0 saturated carbocycles. The first kappa shape index (κ1) is 19.0. The van der Waals surface area contributed by atoms with Crippen molar-refractivity contribution in [1.82, 2.24) is 9.62 Å². The van der Waals surface area contributed by atoms with Gasteiger partial charge in [0.1, 0.15) is 0 Å². The highest BCUT2D eigenvalue weighted by atomic mass is 32.2. The first-order valence-corrected chi connectivity index (χ1v) is 10.2. The molecular formula is C17H23N3O5S. The fraction of sp³-hybridized carbons (Fsp3) is 0.529. The number of nitrogens with zero attached hydrogens (tertiary/aromatic N) is 2. The van der Waals surface area contributed by atoms with Crippen molar-refractivity contribution in [1.29, 1.82) is 0 Å². The summed E-state index contributed by atoms with van der Waals surface area (Å²) >= 11 is 0. The maximum absolute atomic E-state index is 12.4. The zero-order chi connectivity index (χ0) is 18.6. The second-order valence-electron chi connectivity index (χ2n) is 6.32. The lowest BCUT2D eigenvalue weighted by atomic mass is 10.3. The van der Waals surface area contributed by atoms with Gasteiger partial charge in [0.15, 0.2) is 0 Å². The van der Waals surface area contributed by atoms with Gasteiger partial charge in [-0.3, -0.25) is 19.4 Å². The summed E-state index contributed by atoms with van der Waals surface area (Å²) in [5.74, 6) is -0.515. The molecule has 8 nitrogen and oxygen atoms in total. The Labute approximate surface area is 153 Å². The van der Waals surface area contributed by atoms with Crippen molar-refractivity contribution in [2.24, 2.45) is 0 Å². The van der Waals surface area contributed by atoms with Gasteiger partial charge in [-0.2, -0.15) is 0 Å². The third-order valence-electron chi connectivity index (χ3n) is 4.50. The Bertz CT molecular complexity index is 741. The monoisotopic (exact) mass is 381 g/mol. The maximum atomic E-state index is 12.4. The van der Waals surface area contributed by atoms with Crippen LogP contribution >= 0.6 is 0 Å². The van der Waals surface area contributed by atoms with Crippen LogP contribution in [0.1, 0.15) is 19.3 Å². The standard InChI is InChI=1S/C17H23N3O5S/c21-16-6-7-17(22)20(16)14-2-4-15(5-3-14)26(23,24)18-8-1-9-19-10-12-25-13-11-19/h2-5,18H,1,6-13H2. The van der Waals surface area contributed by atoms with Crippen LogP contribution in [0.2, 0.25) is 0 Å². The molecule has 2 saturated heterocycles. The summed E-state index contributed by atoms with van der Waals surface area (Å²) in [6.07, 6.45) is 1.11. The average molecular weight is 381 g/mol. The largest absolute Gasteiger partial charge is 0.379 e. The molecule has 2 amide bonds. The summed E-state index contributed by atoms with van der Waals surface area (Å²) in [5.41, 5.74) is 0.406. The minimum absolute atomic E-state index is 0.117. The normalized spacial score (nSPS) is 19.3. The summed E-state index contributed by atoms with van der Waals surface area (Å²) in [7, 11) is -3.61. The van der Waals surface area contributed by atoms with Crippen LogP contribution in [0.5, 0.6) is 0 Å². The number of sulfonamides is 1. The van der Waals surface area contributed by atoms with Crippen molar-refractivity contribution >= 4 is 27.5 Å². The van der Waals surface area contributed by atoms with Crippen molar-refractivity contribution in [3.8, 4) is 0 Å². The van der Waals surface area contributed by atoms with Crippen LogP contribution in [-0.2, 0) is 24.3 Å². The van der Waals surface area contributed by atoms with E-state index in [1.54, 1.807) is 0 Å². The average Bonchev–Trinajstić information content (AvgIpc) is 2.98. The van der Waals surface area contributed by atoms with Gasteiger partial charge in [0.25, 0.3) is 0 Å². The van der Waals surface area contributed by atoms with Crippen LogP contribution in [-0.4, -0.2) is 64.5 Å². The number of amides is 2. The van der Waals surface area contributed by atoms with E-state index in [9.17, 15) is 18.0 Å². The molecule has 1 aromatic rings. The summed E-state index contributed by atoms with van der Waals surface area (Å²) < 4.78 is 32.6. The van der Waals surface area contributed by atoms with Gasteiger partial charge in [-0.05, 0) is 37.2 Å². The van der Waals surface area contributed by atoms with E-state index in [2.05, 4.69) is 9.62 Å². The lowest BCUT2D eigenvalue weighted by Gasteiger charge is -2.26. The van der Waals surface area contributed by atoms with Gasteiger partial charge in [0, 0.05) is 32.5 Å². The number of hydrogen-bond donors (Lipinski definition) is 1. The Morgan fingerprint density at radius 2 is 1.62 bits per heavy atom. The van der Waals surface area contributed by atoms with Gasteiger partial charge in [0.2, 0.25) is 21.8 Å². The van der Waals surface area contributed by atoms with Crippen molar-refractivity contribution in [2.75, 3.05) is 44.3 Å². The van der Waals surface area contributed by atoms with Crippen LogP contribution in [0.25, 0.3) is 0 Å². The molecule has 142 valence electrons. The number of hydrogen-bond acceptors (Lipinski definition) is 6. The number of imide groups is 1. The Morgan fingerprint density at radius 1 is 1.00 bits per heavy atom. The van der Waals surface area contributed by atoms with E-state index in [1.165, 1.54) is 24.3 Å². The molecule has 3 rings (SSSR count). The quantitative estimate of drug-likeness (QED) is 0.541. The molecule has 0 bridgehead atoms. The molecule has 1 aromatic carbocycles. The number of carbonyl (C=O) groups is 2. The Balaban J connectivity index is 1.53. The molecule has 0 radical (unpaired) electrons. The van der Waals surface area contributed by atoms with Gasteiger partial charge >= 0.3 is 0 Å². The van der Waals surface area contributed by atoms with Crippen molar-refractivity contribution in [3.05, 3.63) is 24.3 Å².